The highest BCUT2D eigenvalue weighted by Gasteiger charge is 2.39. The molecule has 0 radical (unpaired) electrons. The largest absolute Gasteiger partial charge is 0.467 e. The lowest BCUT2D eigenvalue weighted by atomic mass is 10.0. The van der Waals surface area contributed by atoms with E-state index >= 15 is 0 Å². The van der Waals surface area contributed by atoms with Crippen molar-refractivity contribution in [3.8, 4) is 0 Å². The smallest absolute Gasteiger partial charge is 0.221 e. The molecule has 2 aliphatic heterocycles. The van der Waals surface area contributed by atoms with Crippen LogP contribution in [0, 0.1) is 0 Å². The third kappa shape index (κ3) is 3.84. The van der Waals surface area contributed by atoms with Gasteiger partial charge in [0.25, 0.3) is 0 Å². The van der Waals surface area contributed by atoms with Gasteiger partial charge in [-0.1, -0.05) is 0 Å². The van der Waals surface area contributed by atoms with Crippen molar-refractivity contribution < 1.29 is 18.7 Å². The van der Waals surface area contributed by atoms with Gasteiger partial charge >= 0.3 is 0 Å². The molecule has 3 heterocycles. The first-order valence-corrected chi connectivity index (χ1v) is 7.55. The molecule has 0 saturated carbocycles. The van der Waals surface area contributed by atoms with Gasteiger partial charge in [0.1, 0.15) is 5.76 Å². The van der Waals surface area contributed by atoms with E-state index in [0.29, 0.717) is 26.2 Å². The monoisotopic (exact) mass is 294 g/mol. The Labute approximate surface area is 124 Å². The minimum absolute atomic E-state index is 0.0556. The Morgan fingerprint density at radius 2 is 2.05 bits per heavy atom. The van der Waals surface area contributed by atoms with Crippen LogP contribution >= 0.6 is 0 Å². The molecule has 0 unspecified atom stereocenters. The Bertz CT molecular complexity index is 444. The number of piperidine rings is 1. The summed E-state index contributed by atoms with van der Waals surface area (Å²) in [5.74, 6) is 0.497. The van der Waals surface area contributed by atoms with Crippen molar-refractivity contribution in [2.75, 3.05) is 32.8 Å². The number of nitrogens with zero attached hydrogens (tertiary/aromatic N) is 1. The molecular weight excluding hydrogens is 272 g/mol. The molecule has 3 rings (SSSR count). The number of hydrogen-bond donors (Lipinski definition) is 1. The first-order valence-electron chi connectivity index (χ1n) is 7.55. The van der Waals surface area contributed by atoms with E-state index in [1.165, 1.54) is 0 Å². The van der Waals surface area contributed by atoms with Crippen LogP contribution in [0.25, 0.3) is 0 Å². The van der Waals surface area contributed by atoms with Crippen molar-refractivity contribution in [1.82, 2.24) is 10.2 Å². The molecule has 0 bridgehead atoms. The van der Waals surface area contributed by atoms with Gasteiger partial charge in [0.2, 0.25) is 5.91 Å². The Kier molecular flexibility index (Phi) is 4.57. The molecule has 2 aliphatic rings. The standard InChI is InChI=1S/C15H22N2O4/c18-14(16-12-13-2-1-9-19-13)3-6-17-7-4-15(5-8-17)20-10-11-21-15/h1-2,9H,3-8,10-12H2,(H,16,18). The maximum atomic E-state index is 11.8. The van der Waals surface area contributed by atoms with Crippen molar-refractivity contribution in [1.29, 1.82) is 0 Å². The number of nitrogens with one attached hydrogen (secondary N) is 1. The minimum atomic E-state index is -0.335. The van der Waals surface area contributed by atoms with Crippen LogP contribution in [-0.2, 0) is 20.8 Å². The number of hydrogen-bond acceptors (Lipinski definition) is 5. The number of rotatable bonds is 5. The van der Waals surface area contributed by atoms with Crippen LogP contribution in [0.4, 0.5) is 0 Å². The maximum Gasteiger partial charge on any atom is 0.221 e. The van der Waals surface area contributed by atoms with E-state index in [4.69, 9.17) is 13.9 Å². The number of furan rings is 1. The zero-order valence-corrected chi connectivity index (χ0v) is 12.2. The van der Waals surface area contributed by atoms with E-state index in [-0.39, 0.29) is 11.7 Å². The average Bonchev–Trinajstić information content (AvgIpc) is 3.17. The lowest BCUT2D eigenvalue weighted by Crippen LogP contribution is -2.45. The van der Waals surface area contributed by atoms with Crippen molar-refractivity contribution in [3.05, 3.63) is 24.2 Å². The van der Waals surface area contributed by atoms with E-state index in [1.54, 1.807) is 6.26 Å². The maximum absolute atomic E-state index is 11.8. The average molecular weight is 294 g/mol. The molecule has 2 saturated heterocycles. The summed E-state index contributed by atoms with van der Waals surface area (Å²) in [5.41, 5.74) is 0. The molecule has 1 spiro atoms. The Balaban J connectivity index is 1.33. The molecule has 116 valence electrons. The van der Waals surface area contributed by atoms with Crippen LogP contribution in [0.15, 0.2) is 22.8 Å². The summed E-state index contributed by atoms with van der Waals surface area (Å²) in [6.07, 6.45) is 3.90. The number of likely N-dealkylation sites (tertiary alicyclic amines) is 1. The zero-order chi connectivity index (χ0) is 14.5. The number of ether oxygens (including phenoxy) is 2. The van der Waals surface area contributed by atoms with Crippen LogP contribution in [0.1, 0.15) is 25.0 Å². The normalized spacial score (nSPS) is 21.7. The van der Waals surface area contributed by atoms with Crippen LogP contribution in [0.2, 0.25) is 0 Å². The summed E-state index contributed by atoms with van der Waals surface area (Å²) in [5, 5.41) is 2.86. The van der Waals surface area contributed by atoms with Crippen LogP contribution in [-0.4, -0.2) is 49.4 Å². The van der Waals surface area contributed by atoms with Gasteiger partial charge in [-0.05, 0) is 12.1 Å². The van der Waals surface area contributed by atoms with E-state index in [9.17, 15) is 4.79 Å². The van der Waals surface area contributed by atoms with Gasteiger partial charge in [0.15, 0.2) is 5.79 Å². The second-order valence-corrected chi connectivity index (χ2v) is 5.56. The molecule has 0 aliphatic carbocycles. The first-order chi connectivity index (χ1) is 10.3. The Morgan fingerprint density at radius 1 is 1.29 bits per heavy atom. The lowest BCUT2D eigenvalue weighted by molar-refractivity contribution is -0.185. The fraction of sp³-hybridized carbons (Fsp3) is 0.667. The van der Waals surface area contributed by atoms with E-state index in [2.05, 4.69) is 10.2 Å². The molecule has 2 fully saturated rings. The fourth-order valence-corrected chi connectivity index (χ4v) is 2.85. The predicted octanol–water partition coefficient (Wildman–Crippen LogP) is 1.12. The second kappa shape index (κ2) is 6.60. The Morgan fingerprint density at radius 3 is 2.71 bits per heavy atom. The zero-order valence-electron chi connectivity index (χ0n) is 12.2. The van der Waals surface area contributed by atoms with Gasteiger partial charge in [-0.3, -0.25) is 4.79 Å². The third-order valence-corrected chi connectivity index (χ3v) is 4.13. The van der Waals surface area contributed by atoms with Crippen molar-refractivity contribution in [3.63, 3.8) is 0 Å². The number of amides is 1. The molecule has 1 N–H and O–H groups in total. The topological polar surface area (TPSA) is 63.9 Å². The van der Waals surface area contributed by atoms with Gasteiger partial charge < -0.3 is 24.1 Å². The molecule has 1 aromatic heterocycles. The number of carbonyl (C=O) groups is 1. The van der Waals surface area contributed by atoms with Crippen LogP contribution < -0.4 is 5.32 Å². The van der Waals surface area contributed by atoms with Gasteiger partial charge in [-0.2, -0.15) is 0 Å². The SMILES string of the molecule is O=C(CCN1CCC2(CC1)OCCO2)NCc1ccco1. The highest BCUT2D eigenvalue weighted by atomic mass is 16.7. The highest BCUT2D eigenvalue weighted by molar-refractivity contribution is 5.75. The summed E-state index contributed by atoms with van der Waals surface area (Å²) < 4.78 is 16.6. The molecule has 21 heavy (non-hydrogen) atoms. The van der Waals surface area contributed by atoms with E-state index < -0.39 is 0 Å². The molecule has 0 atom stereocenters. The molecule has 0 aromatic carbocycles. The molecule has 1 amide bonds. The number of carbonyl (C=O) groups excluding carboxylic acids is 1. The minimum Gasteiger partial charge on any atom is -0.467 e. The van der Waals surface area contributed by atoms with Gasteiger partial charge in [0, 0.05) is 38.9 Å². The predicted molar refractivity (Wildman–Crippen MR) is 75.5 cm³/mol. The summed E-state index contributed by atoms with van der Waals surface area (Å²) in [6.45, 7) is 4.48. The highest BCUT2D eigenvalue weighted by Crippen LogP contribution is 2.31. The summed E-state index contributed by atoms with van der Waals surface area (Å²) in [4.78, 5) is 14.1. The van der Waals surface area contributed by atoms with Crippen molar-refractivity contribution in [2.24, 2.45) is 0 Å². The van der Waals surface area contributed by atoms with Crippen LogP contribution in [0.5, 0.6) is 0 Å². The molecule has 1 aromatic rings. The van der Waals surface area contributed by atoms with Crippen LogP contribution in [0.3, 0.4) is 0 Å². The van der Waals surface area contributed by atoms with Gasteiger partial charge in [-0.15, -0.1) is 0 Å². The van der Waals surface area contributed by atoms with Crippen molar-refractivity contribution in [2.45, 2.75) is 31.6 Å². The second-order valence-electron chi connectivity index (χ2n) is 5.56. The van der Waals surface area contributed by atoms with Gasteiger partial charge in [0.05, 0.1) is 26.0 Å². The van der Waals surface area contributed by atoms with Crippen molar-refractivity contribution >= 4 is 5.91 Å². The summed E-state index contributed by atoms with van der Waals surface area (Å²) in [7, 11) is 0. The summed E-state index contributed by atoms with van der Waals surface area (Å²) >= 11 is 0. The summed E-state index contributed by atoms with van der Waals surface area (Å²) in [6, 6.07) is 3.67. The first kappa shape index (κ1) is 14.6. The van der Waals surface area contributed by atoms with E-state index in [1.807, 2.05) is 12.1 Å². The quantitative estimate of drug-likeness (QED) is 0.882. The lowest BCUT2D eigenvalue weighted by Gasteiger charge is -2.37. The molecule has 6 heteroatoms. The molecule has 6 nitrogen and oxygen atoms in total. The van der Waals surface area contributed by atoms with E-state index in [0.717, 1.165) is 38.2 Å². The third-order valence-electron chi connectivity index (χ3n) is 4.13. The fourth-order valence-electron chi connectivity index (χ4n) is 2.85. The van der Waals surface area contributed by atoms with Gasteiger partial charge in [-0.25, -0.2) is 0 Å². The Hall–Kier alpha value is -1.37. The molecular formula is C15H22N2O4.